The lowest BCUT2D eigenvalue weighted by molar-refractivity contribution is 0.0735. The van der Waals surface area contributed by atoms with Gasteiger partial charge in [0.05, 0.1) is 19.9 Å². The number of carbonyl (C=O) groups is 1. The van der Waals surface area contributed by atoms with Gasteiger partial charge in [-0.1, -0.05) is 0 Å². The van der Waals surface area contributed by atoms with Gasteiger partial charge in [-0.3, -0.25) is 9.48 Å². The van der Waals surface area contributed by atoms with E-state index in [2.05, 4.69) is 44.2 Å². The summed E-state index contributed by atoms with van der Waals surface area (Å²) >= 11 is 0. The van der Waals surface area contributed by atoms with E-state index in [1.54, 1.807) is 25.9 Å². The van der Waals surface area contributed by atoms with E-state index in [0.717, 1.165) is 23.7 Å². The fourth-order valence-corrected chi connectivity index (χ4v) is 5.19. The van der Waals surface area contributed by atoms with Crippen LogP contribution < -0.4 is 19.3 Å². The van der Waals surface area contributed by atoms with Crippen molar-refractivity contribution < 1.29 is 14.3 Å². The van der Waals surface area contributed by atoms with Gasteiger partial charge in [-0.25, -0.2) is 0 Å². The van der Waals surface area contributed by atoms with Crippen LogP contribution in [-0.2, 0) is 7.05 Å². The SMILES string of the molecule is COc1ccc(OC)c(-c2cc(C(=O)N3CCN(c4ccc(N5CCCCC5C)nn4)CC3)n(C)n2)c1. The van der Waals surface area contributed by atoms with Crippen LogP contribution >= 0.6 is 0 Å². The average Bonchev–Trinajstić information content (AvgIpc) is 3.34. The van der Waals surface area contributed by atoms with Crippen LogP contribution in [0.3, 0.4) is 0 Å². The van der Waals surface area contributed by atoms with Gasteiger partial charge in [0.2, 0.25) is 0 Å². The fraction of sp³-hybridized carbons (Fsp3) is 0.481. The smallest absolute Gasteiger partial charge is 0.272 e. The Hall–Kier alpha value is -3.82. The molecular weight excluding hydrogens is 470 g/mol. The molecule has 196 valence electrons. The summed E-state index contributed by atoms with van der Waals surface area (Å²) in [5.41, 5.74) is 1.98. The highest BCUT2D eigenvalue weighted by atomic mass is 16.5. The van der Waals surface area contributed by atoms with E-state index in [-0.39, 0.29) is 5.91 Å². The standard InChI is InChI=1S/C27H35N7O3/c1-19-7-5-6-12-34(19)26-11-10-25(28-29-26)32-13-15-33(16-14-32)27(35)23-18-22(30-31(23)2)21-17-20(36-3)8-9-24(21)37-4/h8-11,17-19H,5-7,12-16H2,1-4H3. The van der Waals surface area contributed by atoms with Crippen LogP contribution in [0.4, 0.5) is 11.6 Å². The Balaban J connectivity index is 1.24. The van der Waals surface area contributed by atoms with Crippen molar-refractivity contribution in [2.45, 2.75) is 32.2 Å². The number of anilines is 2. The molecule has 1 unspecified atom stereocenters. The molecule has 1 amide bonds. The van der Waals surface area contributed by atoms with Crippen molar-refractivity contribution in [3.05, 3.63) is 42.1 Å². The first-order valence-electron chi connectivity index (χ1n) is 12.9. The van der Waals surface area contributed by atoms with Gasteiger partial charge in [0.25, 0.3) is 5.91 Å². The minimum Gasteiger partial charge on any atom is -0.497 e. The van der Waals surface area contributed by atoms with E-state index in [1.165, 1.54) is 19.3 Å². The summed E-state index contributed by atoms with van der Waals surface area (Å²) in [5.74, 6) is 3.14. The molecule has 0 spiro atoms. The number of ether oxygens (including phenoxy) is 2. The quantitative estimate of drug-likeness (QED) is 0.505. The molecule has 0 aliphatic carbocycles. The lowest BCUT2D eigenvalue weighted by Crippen LogP contribution is -2.49. The first-order valence-corrected chi connectivity index (χ1v) is 12.9. The molecule has 1 aromatic carbocycles. The van der Waals surface area contributed by atoms with Crippen molar-refractivity contribution >= 4 is 17.5 Å². The first-order chi connectivity index (χ1) is 18.0. The summed E-state index contributed by atoms with van der Waals surface area (Å²) < 4.78 is 12.5. The van der Waals surface area contributed by atoms with Gasteiger partial charge >= 0.3 is 0 Å². The first kappa shape index (κ1) is 24.9. The number of benzene rings is 1. The van der Waals surface area contributed by atoms with Crippen LogP contribution in [0.5, 0.6) is 11.5 Å². The maximum atomic E-state index is 13.4. The third-order valence-corrected chi connectivity index (χ3v) is 7.41. The van der Waals surface area contributed by atoms with Crippen molar-refractivity contribution in [1.82, 2.24) is 24.9 Å². The second-order valence-corrected chi connectivity index (χ2v) is 9.67. The summed E-state index contributed by atoms with van der Waals surface area (Å²) in [6.45, 7) is 5.91. The topological polar surface area (TPSA) is 88.9 Å². The number of amides is 1. The molecule has 2 fully saturated rings. The van der Waals surface area contributed by atoms with E-state index in [9.17, 15) is 4.79 Å². The molecule has 5 rings (SSSR count). The molecular formula is C27H35N7O3. The third-order valence-electron chi connectivity index (χ3n) is 7.41. The predicted molar refractivity (Wildman–Crippen MR) is 143 cm³/mol. The fourth-order valence-electron chi connectivity index (χ4n) is 5.19. The molecule has 0 radical (unpaired) electrons. The largest absolute Gasteiger partial charge is 0.497 e. The molecule has 10 nitrogen and oxygen atoms in total. The van der Waals surface area contributed by atoms with Crippen molar-refractivity contribution in [3.8, 4) is 22.8 Å². The molecule has 2 saturated heterocycles. The molecule has 0 saturated carbocycles. The van der Waals surface area contributed by atoms with E-state index < -0.39 is 0 Å². The van der Waals surface area contributed by atoms with Gasteiger partial charge in [0.1, 0.15) is 17.2 Å². The maximum absolute atomic E-state index is 13.4. The Morgan fingerprint density at radius 3 is 2.35 bits per heavy atom. The number of hydrogen-bond acceptors (Lipinski definition) is 8. The molecule has 2 aliphatic rings. The number of piperidine rings is 1. The number of nitrogens with zero attached hydrogens (tertiary/aromatic N) is 7. The third kappa shape index (κ3) is 5.05. The second kappa shape index (κ2) is 10.7. The Morgan fingerprint density at radius 1 is 0.919 bits per heavy atom. The summed E-state index contributed by atoms with van der Waals surface area (Å²) in [6.07, 6.45) is 3.68. The number of hydrogen-bond donors (Lipinski definition) is 0. The zero-order valence-electron chi connectivity index (χ0n) is 22.1. The molecule has 0 bridgehead atoms. The van der Waals surface area contributed by atoms with E-state index in [4.69, 9.17) is 9.47 Å². The van der Waals surface area contributed by atoms with Crippen LogP contribution in [0.1, 0.15) is 36.7 Å². The summed E-state index contributed by atoms with van der Waals surface area (Å²) in [4.78, 5) is 19.8. The molecule has 0 N–H and O–H groups in total. The van der Waals surface area contributed by atoms with Gasteiger partial charge in [-0.15, -0.1) is 10.2 Å². The summed E-state index contributed by atoms with van der Waals surface area (Å²) in [5, 5.41) is 13.6. The van der Waals surface area contributed by atoms with Crippen LogP contribution in [0.25, 0.3) is 11.3 Å². The molecule has 37 heavy (non-hydrogen) atoms. The van der Waals surface area contributed by atoms with Crippen LogP contribution in [-0.4, -0.2) is 83.8 Å². The van der Waals surface area contributed by atoms with Crippen molar-refractivity contribution in [2.75, 3.05) is 56.7 Å². The van der Waals surface area contributed by atoms with Gasteiger partial charge < -0.3 is 24.2 Å². The Kier molecular flexibility index (Phi) is 7.16. The van der Waals surface area contributed by atoms with Crippen molar-refractivity contribution in [3.63, 3.8) is 0 Å². The second-order valence-electron chi connectivity index (χ2n) is 9.67. The lowest BCUT2D eigenvalue weighted by Gasteiger charge is -2.36. The number of aromatic nitrogens is 4. The lowest BCUT2D eigenvalue weighted by atomic mass is 10.0. The Morgan fingerprint density at radius 2 is 1.68 bits per heavy atom. The van der Waals surface area contributed by atoms with E-state index in [1.807, 2.05) is 29.2 Å². The van der Waals surface area contributed by atoms with Gasteiger partial charge in [0, 0.05) is 51.4 Å². The van der Waals surface area contributed by atoms with Crippen LogP contribution in [0, 0.1) is 0 Å². The number of piperazine rings is 1. The normalized spacial score (nSPS) is 18.2. The van der Waals surface area contributed by atoms with Gasteiger partial charge in [-0.2, -0.15) is 5.10 Å². The zero-order chi connectivity index (χ0) is 25.9. The number of carbonyl (C=O) groups excluding carboxylic acids is 1. The summed E-state index contributed by atoms with van der Waals surface area (Å²) in [7, 11) is 5.03. The molecule has 1 atom stereocenters. The summed E-state index contributed by atoms with van der Waals surface area (Å²) in [6, 6.07) is 12.0. The highest BCUT2D eigenvalue weighted by Crippen LogP contribution is 2.33. The average molecular weight is 506 g/mol. The number of methoxy groups -OCH3 is 2. The Bertz CT molecular complexity index is 1240. The molecule has 2 aliphatic heterocycles. The minimum atomic E-state index is -0.0386. The van der Waals surface area contributed by atoms with Crippen molar-refractivity contribution in [2.24, 2.45) is 7.05 Å². The highest BCUT2D eigenvalue weighted by molar-refractivity contribution is 5.94. The maximum Gasteiger partial charge on any atom is 0.272 e. The van der Waals surface area contributed by atoms with Gasteiger partial charge in [0.15, 0.2) is 11.6 Å². The number of aryl methyl sites for hydroxylation is 1. The molecule has 2 aromatic heterocycles. The van der Waals surface area contributed by atoms with E-state index in [0.29, 0.717) is 55.1 Å². The molecule has 3 aromatic rings. The predicted octanol–water partition coefficient (Wildman–Crippen LogP) is 3.24. The van der Waals surface area contributed by atoms with Crippen LogP contribution in [0.2, 0.25) is 0 Å². The van der Waals surface area contributed by atoms with Gasteiger partial charge in [-0.05, 0) is 62.6 Å². The minimum absolute atomic E-state index is 0.0386. The Labute approximate surface area is 217 Å². The van der Waals surface area contributed by atoms with E-state index >= 15 is 0 Å². The molecule has 10 heteroatoms. The monoisotopic (exact) mass is 505 g/mol. The number of rotatable bonds is 6. The van der Waals surface area contributed by atoms with Crippen molar-refractivity contribution in [1.29, 1.82) is 0 Å². The molecule has 4 heterocycles. The zero-order valence-corrected chi connectivity index (χ0v) is 22.1. The van der Waals surface area contributed by atoms with Crippen LogP contribution in [0.15, 0.2) is 36.4 Å². The highest BCUT2D eigenvalue weighted by Gasteiger charge is 2.27.